The predicted octanol–water partition coefficient (Wildman–Crippen LogP) is 4.97. The molecule has 1 aliphatic rings. The molecular weight excluding hydrogens is 393 g/mol. The van der Waals surface area contributed by atoms with Gasteiger partial charge in [-0.05, 0) is 43.2 Å². The van der Waals surface area contributed by atoms with Crippen molar-refractivity contribution in [2.24, 2.45) is 10.1 Å². The molecule has 0 aromatic heterocycles. The van der Waals surface area contributed by atoms with Crippen LogP contribution in [0.4, 0.5) is 18.9 Å². The van der Waals surface area contributed by atoms with Crippen LogP contribution in [0.3, 0.4) is 0 Å². The van der Waals surface area contributed by atoms with Gasteiger partial charge in [0, 0.05) is 30.5 Å². The Labute approximate surface area is 165 Å². The first-order valence-corrected chi connectivity index (χ1v) is 8.92. The predicted molar refractivity (Wildman–Crippen MR) is 102 cm³/mol. The Balaban J connectivity index is 1.99. The highest BCUT2D eigenvalue weighted by Gasteiger charge is 2.29. The number of halogens is 4. The van der Waals surface area contributed by atoms with E-state index in [1.807, 2.05) is 0 Å². The van der Waals surface area contributed by atoms with Crippen molar-refractivity contribution in [2.45, 2.75) is 38.7 Å². The standard InChI is InChI=1S/C20H18ClF3N2O2/c1-20(2,27)9-11-7-13-12(8-16(23)18(24)19(13)25-11)17(26-28)6-10-3-4-15(22)14(21)5-10/h3-5,8,27-28H,6-7,9H2,1-2H3/b26-17+. The van der Waals surface area contributed by atoms with E-state index < -0.39 is 23.1 Å². The fourth-order valence-corrected chi connectivity index (χ4v) is 3.44. The summed E-state index contributed by atoms with van der Waals surface area (Å²) in [4.78, 5) is 4.14. The van der Waals surface area contributed by atoms with E-state index in [0.717, 1.165) is 6.07 Å². The third kappa shape index (κ3) is 4.20. The summed E-state index contributed by atoms with van der Waals surface area (Å²) in [7, 11) is 0. The smallest absolute Gasteiger partial charge is 0.184 e. The molecule has 3 rings (SSSR count). The van der Waals surface area contributed by atoms with E-state index in [9.17, 15) is 23.5 Å². The fraction of sp³-hybridized carbons (Fsp3) is 0.300. The van der Waals surface area contributed by atoms with E-state index in [1.165, 1.54) is 18.2 Å². The maximum atomic E-state index is 14.3. The van der Waals surface area contributed by atoms with Gasteiger partial charge < -0.3 is 10.3 Å². The Hall–Kier alpha value is -2.38. The third-order valence-corrected chi connectivity index (χ3v) is 4.66. The molecule has 28 heavy (non-hydrogen) atoms. The molecule has 0 aliphatic carbocycles. The first-order valence-electron chi connectivity index (χ1n) is 8.54. The molecule has 0 fully saturated rings. The van der Waals surface area contributed by atoms with Crippen LogP contribution >= 0.6 is 11.6 Å². The molecule has 148 valence electrons. The van der Waals surface area contributed by atoms with Gasteiger partial charge in [0.2, 0.25) is 0 Å². The highest BCUT2D eigenvalue weighted by Crippen LogP contribution is 2.36. The summed E-state index contributed by atoms with van der Waals surface area (Å²) in [6, 6.07) is 4.96. The van der Waals surface area contributed by atoms with Gasteiger partial charge in [0.15, 0.2) is 11.6 Å². The van der Waals surface area contributed by atoms with Gasteiger partial charge in [-0.3, -0.25) is 4.99 Å². The normalized spacial score (nSPS) is 14.2. The average Bonchev–Trinajstić information content (AvgIpc) is 3.01. The second kappa shape index (κ2) is 7.56. The Morgan fingerprint density at radius 1 is 1.21 bits per heavy atom. The molecule has 2 aromatic rings. The summed E-state index contributed by atoms with van der Waals surface area (Å²) in [6.45, 7) is 3.19. The third-order valence-electron chi connectivity index (χ3n) is 4.37. The van der Waals surface area contributed by atoms with Crippen LogP contribution in [0, 0.1) is 17.5 Å². The van der Waals surface area contributed by atoms with Gasteiger partial charge in [0.25, 0.3) is 0 Å². The van der Waals surface area contributed by atoms with Crippen molar-refractivity contribution in [1.82, 2.24) is 0 Å². The summed E-state index contributed by atoms with van der Waals surface area (Å²) in [5.41, 5.74) is 0.453. The molecule has 2 N–H and O–H groups in total. The van der Waals surface area contributed by atoms with Gasteiger partial charge in [0.05, 0.1) is 16.3 Å². The molecule has 0 bridgehead atoms. The molecule has 2 aromatic carbocycles. The summed E-state index contributed by atoms with van der Waals surface area (Å²) in [5.74, 6) is -2.81. The molecule has 0 amide bonds. The minimum absolute atomic E-state index is 0.0227. The van der Waals surface area contributed by atoms with E-state index >= 15 is 0 Å². The zero-order valence-corrected chi connectivity index (χ0v) is 16.0. The van der Waals surface area contributed by atoms with Crippen LogP contribution in [-0.4, -0.2) is 27.3 Å². The van der Waals surface area contributed by atoms with Crippen molar-refractivity contribution < 1.29 is 23.5 Å². The van der Waals surface area contributed by atoms with Crippen LogP contribution in [0.2, 0.25) is 5.02 Å². The van der Waals surface area contributed by atoms with Crippen molar-refractivity contribution >= 4 is 28.7 Å². The molecular formula is C20H18ClF3N2O2. The van der Waals surface area contributed by atoms with Gasteiger partial charge >= 0.3 is 0 Å². The largest absolute Gasteiger partial charge is 0.411 e. The molecule has 0 unspecified atom stereocenters. The van der Waals surface area contributed by atoms with Crippen molar-refractivity contribution in [3.8, 4) is 0 Å². The Morgan fingerprint density at radius 2 is 1.93 bits per heavy atom. The van der Waals surface area contributed by atoms with Gasteiger partial charge in [-0.2, -0.15) is 0 Å². The van der Waals surface area contributed by atoms with E-state index in [2.05, 4.69) is 10.1 Å². The van der Waals surface area contributed by atoms with E-state index in [0.29, 0.717) is 16.8 Å². The number of aliphatic hydroxyl groups is 1. The van der Waals surface area contributed by atoms with Gasteiger partial charge in [-0.1, -0.05) is 22.8 Å². The summed E-state index contributed by atoms with van der Waals surface area (Å²) in [6.07, 6.45) is 0.394. The molecule has 4 nitrogen and oxygen atoms in total. The van der Waals surface area contributed by atoms with Crippen LogP contribution in [0.15, 0.2) is 34.4 Å². The van der Waals surface area contributed by atoms with E-state index in [1.54, 1.807) is 13.8 Å². The average molecular weight is 411 g/mol. The quantitative estimate of drug-likeness (QED) is 0.415. The molecule has 0 atom stereocenters. The molecule has 0 radical (unpaired) electrons. The van der Waals surface area contributed by atoms with E-state index in [-0.39, 0.29) is 41.2 Å². The molecule has 0 saturated heterocycles. The lowest BCUT2D eigenvalue weighted by Crippen LogP contribution is -2.23. The summed E-state index contributed by atoms with van der Waals surface area (Å²) < 4.78 is 41.8. The van der Waals surface area contributed by atoms with Crippen molar-refractivity contribution in [3.05, 3.63) is 63.4 Å². The van der Waals surface area contributed by atoms with Crippen molar-refractivity contribution in [2.75, 3.05) is 0 Å². The molecule has 0 saturated carbocycles. The number of nitrogens with zero attached hydrogens (tertiary/aromatic N) is 2. The highest BCUT2D eigenvalue weighted by atomic mass is 35.5. The first kappa shape index (κ1) is 20.4. The van der Waals surface area contributed by atoms with Crippen LogP contribution < -0.4 is 0 Å². The molecule has 1 heterocycles. The topological polar surface area (TPSA) is 65.2 Å². The number of fused-ring (bicyclic) bond motifs is 1. The Morgan fingerprint density at radius 3 is 2.54 bits per heavy atom. The van der Waals surface area contributed by atoms with Crippen LogP contribution in [0.1, 0.15) is 37.0 Å². The molecule has 0 spiro atoms. The lowest BCUT2D eigenvalue weighted by Gasteiger charge is -2.16. The number of rotatable bonds is 5. The number of benzene rings is 2. The first-order chi connectivity index (χ1) is 13.1. The van der Waals surface area contributed by atoms with Crippen molar-refractivity contribution in [3.63, 3.8) is 0 Å². The van der Waals surface area contributed by atoms with E-state index in [4.69, 9.17) is 11.6 Å². The van der Waals surface area contributed by atoms with Crippen molar-refractivity contribution in [1.29, 1.82) is 0 Å². The Kier molecular flexibility index (Phi) is 5.50. The second-order valence-corrected chi connectivity index (χ2v) is 7.77. The fourth-order valence-electron chi connectivity index (χ4n) is 3.23. The van der Waals surface area contributed by atoms with Gasteiger partial charge in [-0.25, -0.2) is 13.2 Å². The van der Waals surface area contributed by atoms with Gasteiger partial charge in [0.1, 0.15) is 11.5 Å². The maximum Gasteiger partial charge on any atom is 0.184 e. The van der Waals surface area contributed by atoms with Gasteiger partial charge in [-0.15, -0.1) is 0 Å². The van der Waals surface area contributed by atoms with Crippen LogP contribution in [-0.2, 0) is 12.8 Å². The number of hydrogen-bond acceptors (Lipinski definition) is 4. The SMILES string of the molecule is CC(C)(O)CC1=Nc2c(F)c(F)cc(/C(Cc3ccc(F)c(Cl)c3)=N/O)c2C1. The number of oxime groups is 1. The Bertz CT molecular complexity index is 998. The minimum atomic E-state index is -1.12. The zero-order chi connectivity index (χ0) is 20.6. The summed E-state index contributed by atoms with van der Waals surface area (Å²) in [5, 5.41) is 22.6. The molecule has 8 heteroatoms. The van der Waals surface area contributed by atoms with Crippen LogP contribution in [0.25, 0.3) is 0 Å². The maximum absolute atomic E-state index is 14.3. The highest BCUT2D eigenvalue weighted by molar-refractivity contribution is 6.30. The zero-order valence-electron chi connectivity index (χ0n) is 15.2. The number of aliphatic imine (C=N–C) groups is 1. The summed E-state index contributed by atoms with van der Waals surface area (Å²) >= 11 is 5.78. The monoisotopic (exact) mass is 410 g/mol. The van der Waals surface area contributed by atoms with Crippen LogP contribution in [0.5, 0.6) is 0 Å². The second-order valence-electron chi connectivity index (χ2n) is 7.36. The lowest BCUT2D eigenvalue weighted by molar-refractivity contribution is 0.0883. The lowest BCUT2D eigenvalue weighted by atomic mass is 9.92. The number of hydrogen-bond donors (Lipinski definition) is 2. The minimum Gasteiger partial charge on any atom is -0.411 e. The molecule has 1 aliphatic heterocycles.